The number of nitrogens with zero attached hydrogens (tertiary/aromatic N) is 2. The number of carbonyl (C=O) groups is 1. The van der Waals surface area contributed by atoms with Crippen LogP contribution in [0.5, 0.6) is 0 Å². The van der Waals surface area contributed by atoms with Crippen molar-refractivity contribution >= 4 is 22.2 Å². The largest absolute Gasteiger partial charge is 0.394 e. The fraction of sp³-hybridized carbons (Fsp3) is 0.294. The lowest BCUT2D eigenvalue weighted by Crippen LogP contribution is -2.29. The summed E-state index contributed by atoms with van der Waals surface area (Å²) in [6, 6.07) is 9.98. The van der Waals surface area contributed by atoms with Gasteiger partial charge in [-0.05, 0) is 0 Å². The number of hydrogen-bond acceptors (Lipinski definition) is 5. The first kappa shape index (κ1) is 16.6. The Hall–Kier alpha value is -2.22. The SMILES string of the molecule is O=C(Cc1csc2nc(-c3ccccc3)cn12)NCCOCCO. The van der Waals surface area contributed by atoms with Crippen LogP contribution < -0.4 is 5.32 Å². The van der Waals surface area contributed by atoms with E-state index in [0.29, 0.717) is 26.2 Å². The summed E-state index contributed by atoms with van der Waals surface area (Å²) in [6.45, 7) is 1.11. The quantitative estimate of drug-likeness (QED) is 0.610. The van der Waals surface area contributed by atoms with Crippen LogP contribution in [-0.4, -0.2) is 46.8 Å². The molecule has 3 aromatic rings. The van der Waals surface area contributed by atoms with E-state index in [1.807, 2.05) is 46.3 Å². The smallest absolute Gasteiger partial charge is 0.226 e. The molecule has 0 radical (unpaired) electrons. The summed E-state index contributed by atoms with van der Waals surface area (Å²) in [5.41, 5.74) is 2.88. The molecule has 0 saturated heterocycles. The van der Waals surface area contributed by atoms with Crippen molar-refractivity contribution in [3.63, 3.8) is 0 Å². The third kappa shape index (κ3) is 4.00. The van der Waals surface area contributed by atoms with Gasteiger partial charge in [-0.2, -0.15) is 0 Å². The Morgan fingerprint density at radius 3 is 2.92 bits per heavy atom. The molecule has 0 saturated carbocycles. The molecule has 1 aromatic carbocycles. The molecule has 0 aliphatic heterocycles. The zero-order chi connectivity index (χ0) is 16.8. The van der Waals surface area contributed by atoms with Crippen LogP contribution in [0.15, 0.2) is 41.9 Å². The molecule has 0 atom stereocenters. The number of imidazole rings is 1. The summed E-state index contributed by atoms with van der Waals surface area (Å²) in [7, 11) is 0. The molecule has 0 spiro atoms. The van der Waals surface area contributed by atoms with E-state index in [1.54, 1.807) is 0 Å². The van der Waals surface area contributed by atoms with E-state index in [0.717, 1.165) is 21.9 Å². The van der Waals surface area contributed by atoms with Crippen LogP contribution in [0.3, 0.4) is 0 Å². The summed E-state index contributed by atoms with van der Waals surface area (Å²) >= 11 is 1.53. The van der Waals surface area contributed by atoms with E-state index in [4.69, 9.17) is 9.84 Å². The normalized spacial score (nSPS) is 11.0. The molecule has 24 heavy (non-hydrogen) atoms. The summed E-state index contributed by atoms with van der Waals surface area (Å²) in [6.07, 6.45) is 2.26. The first-order valence-electron chi connectivity index (χ1n) is 7.74. The average Bonchev–Trinajstić information content (AvgIpc) is 3.18. The highest BCUT2D eigenvalue weighted by atomic mass is 32.1. The number of rotatable bonds is 8. The summed E-state index contributed by atoms with van der Waals surface area (Å²) in [5.74, 6) is -0.0581. The minimum atomic E-state index is -0.0581. The number of aliphatic hydroxyl groups excluding tert-OH is 1. The predicted molar refractivity (Wildman–Crippen MR) is 93.1 cm³/mol. The third-order valence-electron chi connectivity index (χ3n) is 3.50. The number of benzene rings is 1. The first-order chi connectivity index (χ1) is 11.8. The number of amides is 1. The number of fused-ring (bicyclic) bond motifs is 1. The van der Waals surface area contributed by atoms with Gasteiger partial charge in [-0.25, -0.2) is 4.98 Å². The highest BCUT2D eigenvalue weighted by Gasteiger charge is 2.12. The first-order valence-corrected chi connectivity index (χ1v) is 8.62. The molecule has 126 valence electrons. The van der Waals surface area contributed by atoms with Gasteiger partial charge in [0, 0.05) is 29.4 Å². The number of carbonyl (C=O) groups excluding carboxylic acids is 1. The molecule has 0 bridgehead atoms. The summed E-state index contributed by atoms with van der Waals surface area (Å²) in [5, 5.41) is 13.4. The number of aliphatic hydroxyl groups is 1. The van der Waals surface area contributed by atoms with Crippen LogP contribution in [0.4, 0.5) is 0 Å². The lowest BCUT2D eigenvalue weighted by atomic mass is 10.2. The van der Waals surface area contributed by atoms with Crippen LogP contribution >= 0.6 is 11.3 Å². The zero-order valence-corrected chi connectivity index (χ0v) is 14.0. The molecule has 3 rings (SSSR count). The van der Waals surface area contributed by atoms with Gasteiger partial charge in [0.25, 0.3) is 0 Å². The van der Waals surface area contributed by atoms with Crippen LogP contribution in [-0.2, 0) is 16.0 Å². The van der Waals surface area contributed by atoms with E-state index in [1.165, 1.54) is 11.3 Å². The third-order valence-corrected chi connectivity index (χ3v) is 4.39. The van der Waals surface area contributed by atoms with Crippen molar-refractivity contribution in [1.29, 1.82) is 0 Å². The van der Waals surface area contributed by atoms with Gasteiger partial charge in [0.1, 0.15) is 0 Å². The zero-order valence-electron chi connectivity index (χ0n) is 13.1. The average molecular weight is 345 g/mol. The molecular formula is C17H19N3O3S. The minimum absolute atomic E-state index is 0.00872. The molecule has 0 fully saturated rings. The predicted octanol–water partition coefficient (Wildman–Crippen LogP) is 1.73. The van der Waals surface area contributed by atoms with Crippen molar-refractivity contribution in [2.75, 3.05) is 26.4 Å². The fourth-order valence-corrected chi connectivity index (χ4v) is 3.23. The maximum Gasteiger partial charge on any atom is 0.226 e. The number of nitrogens with one attached hydrogen (secondary N) is 1. The van der Waals surface area contributed by atoms with E-state index >= 15 is 0 Å². The minimum Gasteiger partial charge on any atom is -0.394 e. The lowest BCUT2D eigenvalue weighted by Gasteiger charge is -2.05. The van der Waals surface area contributed by atoms with E-state index in [2.05, 4.69) is 10.3 Å². The second-order valence-electron chi connectivity index (χ2n) is 5.23. The molecule has 2 aromatic heterocycles. The van der Waals surface area contributed by atoms with Crippen LogP contribution in [0, 0.1) is 0 Å². The number of aromatic nitrogens is 2. The van der Waals surface area contributed by atoms with Crippen molar-refractivity contribution < 1.29 is 14.6 Å². The topological polar surface area (TPSA) is 75.9 Å². The van der Waals surface area contributed by atoms with E-state index in [9.17, 15) is 4.79 Å². The van der Waals surface area contributed by atoms with Crippen LogP contribution in [0.2, 0.25) is 0 Å². The number of hydrogen-bond donors (Lipinski definition) is 2. The Labute approximate surface area is 143 Å². The van der Waals surface area contributed by atoms with Crippen molar-refractivity contribution in [1.82, 2.24) is 14.7 Å². The maximum absolute atomic E-state index is 12.0. The Bertz CT molecular complexity index is 798. The van der Waals surface area contributed by atoms with Crippen molar-refractivity contribution in [3.8, 4) is 11.3 Å². The molecule has 2 N–H and O–H groups in total. The van der Waals surface area contributed by atoms with Crippen LogP contribution in [0.25, 0.3) is 16.2 Å². The Morgan fingerprint density at radius 2 is 2.12 bits per heavy atom. The molecule has 7 heteroatoms. The van der Waals surface area contributed by atoms with E-state index < -0.39 is 0 Å². The Kier molecular flexibility index (Phi) is 5.58. The standard InChI is InChI=1S/C17H19N3O3S/c21-7-9-23-8-6-18-16(22)10-14-12-24-17-19-15(11-20(14)17)13-4-2-1-3-5-13/h1-5,11-12,21H,6-10H2,(H,18,22). The second kappa shape index (κ2) is 8.05. The molecule has 2 heterocycles. The highest BCUT2D eigenvalue weighted by molar-refractivity contribution is 7.15. The second-order valence-corrected chi connectivity index (χ2v) is 6.07. The van der Waals surface area contributed by atoms with Gasteiger partial charge in [-0.15, -0.1) is 11.3 Å². The molecular weight excluding hydrogens is 326 g/mol. The molecule has 0 aliphatic rings. The Morgan fingerprint density at radius 1 is 1.29 bits per heavy atom. The lowest BCUT2D eigenvalue weighted by molar-refractivity contribution is -0.120. The van der Waals surface area contributed by atoms with E-state index in [-0.39, 0.29) is 12.5 Å². The molecule has 1 amide bonds. The molecule has 0 aliphatic carbocycles. The number of ether oxygens (including phenoxy) is 1. The molecule has 0 unspecified atom stereocenters. The van der Waals surface area contributed by atoms with Gasteiger partial charge >= 0.3 is 0 Å². The van der Waals surface area contributed by atoms with Gasteiger partial charge < -0.3 is 15.2 Å². The van der Waals surface area contributed by atoms with Gasteiger partial charge in [0.05, 0.1) is 31.9 Å². The fourth-order valence-electron chi connectivity index (χ4n) is 2.36. The van der Waals surface area contributed by atoms with Crippen molar-refractivity contribution in [2.24, 2.45) is 0 Å². The van der Waals surface area contributed by atoms with Gasteiger partial charge in [-0.1, -0.05) is 30.3 Å². The van der Waals surface area contributed by atoms with Gasteiger partial charge in [0.2, 0.25) is 5.91 Å². The summed E-state index contributed by atoms with van der Waals surface area (Å²) < 4.78 is 7.08. The highest BCUT2D eigenvalue weighted by Crippen LogP contribution is 2.23. The number of thiazole rings is 1. The Balaban J connectivity index is 1.63. The maximum atomic E-state index is 12.0. The monoisotopic (exact) mass is 345 g/mol. The van der Waals surface area contributed by atoms with Crippen LogP contribution in [0.1, 0.15) is 5.69 Å². The molecule has 6 nitrogen and oxygen atoms in total. The van der Waals surface area contributed by atoms with Crippen molar-refractivity contribution in [2.45, 2.75) is 6.42 Å². The van der Waals surface area contributed by atoms with Gasteiger partial charge in [-0.3, -0.25) is 9.20 Å². The summed E-state index contributed by atoms with van der Waals surface area (Å²) in [4.78, 5) is 17.5. The van der Waals surface area contributed by atoms with Crippen molar-refractivity contribution in [3.05, 3.63) is 47.6 Å². The van der Waals surface area contributed by atoms with Gasteiger partial charge in [0.15, 0.2) is 4.96 Å².